The van der Waals surface area contributed by atoms with Gasteiger partial charge in [-0.1, -0.05) is 26.0 Å². The maximum atomic E-state index is 12.7. The molecule has 0 aliphatic rings. The molecule has 0 radical (unpaired) electrons. The van der Waals surface area contributed by atoms with Gasteiger partial charge in [0.05, 0.1) is 6.42 Å². The molecule has 0 fully saturated rings. The molecule has 11 nitrogen and oxygen atoms in total. The molecule has 1 aromatic carbocycles. The van der Waals surface area contributed by atoms with Crippen LogP contribution >= 0.6 is 0 Å². The normalized spacial score (nSPS) is 11.2. The highest BCUT2D eigenvalue weighted by Gasteiger charge is 2.22. The SMILES string of the molecule is CCCn1c(-c2cc(NC(=O)Cc3ccc(N(C)C)cc3)nn2C)nc2c(=O)[nH]c(=O)n(CCC)c21. The molecular formula is C25H32N8O3. The molecule has 0 spiro atoms. The Hall–Kier alpha value is -4.15. The van der Waals surface area contributed by atoms with Crippen LogP contribution in [-0.4, -0.2) is 48.9 Å². The molecule has 4 rings (SSSR count). The van der Waals surface area contributed by atoms with Gasteiger partial charge in [-0.15, -0.1) is 0 Å². The Bertz CT molecular complexity index is 1510. The molecule has 190 valence electrons. The third-order valence-electron chi connectivity index (χ3n) is 5.97. The zero-order valence-electron chi connectivity index (χ0n) is 21.3. The lowest BCUT2D eigenvalue weighted by Crippen LogP contribution is -2.31. The third kappa shape index (κ3) is 4.81. The summed E-state index contributed by atoms with van der Waals surface area (Å²) in [4.78, 5) is 46.8. The summed E-state index contributed by atoms with van der Waals surface area (Å²) in [5.74, 6) is 0.715. The van der Waals surface area contributed by atoms with Crippen LogP contribution in [0.15, 0.2) is 39.9 Å². The molecule has 4 aromatic rings. The molecule has 2 N–H and O–H groups in total. The van der Waals surface area contributed by atoms with Gasteiger partial charge in [-0.05, 0) is 30.5 Å². The van der Waals surface area contributed by atoms with Gasteiger partial charge >= 0.3 is 5.69 Å². The molecule has 0 bridgehead atoms. The number of amides is 1. The van der Waals surface area contributed by atoms with Crippen LogP contribution in [0.3, 0.4) is 0 Å². The summed E-state index contributed by atoms with van der Waals surface area (Å²) in [6.07, 6.45) is 1.72. The van der Waals surface area contributed by atoms with Gasteiger partial charge in [-0.3, -0.25) is 23.8 Å². The Balaban J connectivity index is 1.67. The zero-order valence-corrected chi connectivity index (χ0v) is 21.3. The van der Waals surface area contributed by atoms with Gasteiger partial charge < -0.3 is 14.8 Å². The number of hydrogen-bond acceptors (Lipinski definition) is 6. The first kappa shape index (κ1) is 25.0. The molecule has 11 heteroatoms. The first-order valence-corrected chi connectivity index (χ1v) is 12.1. The van der Waals surface area contributed by atoms with E-state index in [-0.39, 0.29) is 17.8 Å². The van der Waals surface area contributed by atoms with E-state index in [0.717, 1.165) is 24.1 Å². The van der Waals surface area contributed by atoms with Crippen molar-refractivity contribution in [3.63, 3.8) is 0 Å². The number of nitrogens with zero attached hydrogens (tertiary/aromatic N) is 6. The number of nitrogens with one attached hydrogen (secondary N) is 2. The zero-order chi connectivity index (χ0) is 26.0. The Morgan fingerprint density at radius 1 is 1.06 bits per heavy atom. The monoisotopic (exact) mass is 492 g/mol. The van der Waals surface area contributed by atoms with Crippen molar-refractivity contribution in [2.24, 2.45) is 7.05 Å². The summed E-state index contributed by atoms with van der Waals surface area (Å²) in [5.41, 5.74) is 2.32. The van der Waals surface area contributed by atoms with Crippen molar-refractivity contribution in [2.75, 3.05) is 24.3 Å². The molecule has 3 aromatic heterocycles. The Kier molecular flexibility index (Phi) is 7.09. The largest absolute Gasteiger partial charge is 0.378 e. The number of rotatable bonds is 9. The van der Waals surface area contributed by atoms with E-state index in [0.29, 0.717) is 36.1 Å². The summed E-state index contributed by atoms with van der Waals surface area (Å²) in [6.45, 7) is 5.01. The van der Waals surface area contributed by atoms with Gasteiger partial charge in [0, 0.05) is 46.0 Å². The number of anilines is 2. The molecule has 36 heavy (non-hydrogen) atoms. The van der Waals surface area contributed by atoms with Crippen LogP contribution in [0, 0.1) is 0 Å². The predicted molar refractivity (Wildman–Crippen MR) is 141 cm³/mol. The van der Waals surface area contributed by atoms with E-state index in [1.807, 2.05) is 61.7 Å². The number of carbonyl (C=O) groups is 1. The smallest absolute Gasteiger partial charge is 0.330 e. The lowest BCUT2D eigenvalue weighted by atomic mass is 10.1. The van der Waals surface area contributed by atoms with Crippen molar-refractivity contribution < 1.29 is 4.79 Å². The second-order valence-corrected chi connectivity index (χ2v) is 8.99. The van der Waals surface area contributed by atoms with E-state index in [4.69, 9.17) is 0 Å². The van der Waals surface area contributed by atoms with E-state index < -0.39 is 11.2 Å². The van der Waals surface area contributed by atoms with Gasteiger partial charge in [0.2, 0.25) is 5.91 Å². The van der Waals surface area contributed by atoms with Gasteiger partial charge in [-0.25, -0.2) is 9.78 Å². The highest BCUT2D eigenvalue weighted by Crippen LogP contribution is 2.25. The minimum atomic E-state index is -0.519. The lowest BCUT2D eigenvalue weighted by molar-refractivity contribution is -0.115. The summed E-state index contributed by atoms with van der Waals surface area (Å²) in [7, 11) is 5.69. The predicted octanol–water partition coefficient (Wildman–Crippen LogP) is 2.35. The van der Waals surface area contributed by atoms with Crippen LogP contribution in [0.5, 0.6) is 0 Å². The van der Waals surface area contributed by atoms with Gasteiger partial charge in [0.1, 0.15) is 5.69 Å². The fraction of sp³-hybridized carbons (Fsp3) is 0.400. The molecular weight excluding hydrogens is 460 g/mol. The standard InChI is InChI=1S/C25H32N8O3/c1-6-12-32-22(27-21-23(35)28-25(36)33(13-7-2)24(21)32)18-15-19(29-31(18)5)26-20(34)14-16-8-10-17(11-9-16)30(3)4/h8-11,15H,6-7,12-14H2,1-5H3,(H,26,29,34)(H,28,35,36). The third-order valence-corrected chi connectivity index (χ3v) is 5.97. The van der Waals surface area contributed by atoms with Crippen molar-refractivity contribution >= 4 is 28.6 Å². The number of aromatic amines is 1. The highest BCUT2D eigenvalue weighted by atomic mass is 16.2. The fourth-order valence-electron chi connectivity index (χ4n) is 4.27. The summed E-state index contributed by atoms with van der Waals surface area (Å²) in [6, 6.07) is 9.54. The molecule has 0 atom stereocenters. The summed E-state index contributed by atoms with van der Waals surface area (Å²) in [5, 5.41) is 7.30. The van der Waals surface area contributed by atoms with Crippen molar-refractivity contribution in [2.45, 2.75) is 46.2 Å². The van der Waals surface area contributed by atoms with E-state index in [1.54, 1.807) is 22.4 Å². The first-order chi connectivity index (χ1) is 17.2. The molecule has 0 aliphatic carbocycles. The van der Waals surface area contributed by atoms with Crippen LogP contribution in [0.25, 0.3) is 22.7 Å². The van der Waals surface area contributed by atoms with Crippen LogP contribution in [0.2, 0.25) is 0 Å². The van der Waals surface area contributed by atoms with E-state index >= 15 is 0 Å². The number of H-pyrrole nitrogens is 1. The topological polar surface area (TPSA) is 123 Å². The number of aromatic nitrogens is 6. The second-order valence-electron chi connectivity index (χ2n) is 8.99. The number of hydrogen-bond donors (Lipinski definition) is 2. The quantitative estimate of drug-likeness (QED) is 0.370. The molecule has 0 unspecified atom stereocenters. The molecule has 0 aliphatic heterocycles. The Morgan fingerprint density at radius 3 is 2.36 bits per heavy atom. The number of imidazole rings is 1. The summed E-state index contributed by atoms with van der Waals surface area (Å²) < 4.78 is 5.06. The van der Waals surface area contributed by atoms with Crippen molar-refractivity contribution in [3.8, 4) is 11.5 Å². The van der Waals surface area contributed by atoms with Gasteiger partial charge in [0.15, 0.2) is 22.8 Å². The van der Waals surface area contributed by atoms with Crippen LogP contribution in [-0.2, 0) is 31.4 Å². The minimum absolute atomic E-state index is 0.187. The average Bonchev–Trinajstić information content (AvgIpc) is 3.37. The number of fused-ring (bicyclic) bond motifs is 1. The van der Waals surface area contributed by atoms with Crippen LogP contribution in [0.1, 0.15) is 32.3 Å². The maximum Gasteiger partial charge on any atom is 0.330 e. The van der Waals surface area contributed by atoms with Crippen molar-refractivity contribution in [1.29, 1.82) is 0 Å². The number of aryl methyl sites for hydroxylation is 3. The van der Waals surface area contributed by atoms with Crippen LogP contribution in [0.4, 0.5) is 11.5 Å². The minimum Gasteiger partial charge on any atom is -0.378 e. The van der Waals surface area contributed by atoms with Crippen molar-refractivity contribution in [1.82, 2.24) is 28.9 Å². The second kappa shape index (κ2) is 10.2. The Morgan fingerprint density at radius 2 is 1.72 bits per heavy atom. The highest BCUT2D eigenvalue weighted by molar-refractivity contribution is 5.92. The number of benzene rings is 1. The van der Waals surface area contributed by atoms with E-state index in [2.05, 4.69) is 20.4 Å². The maximum absolute atomic E-state index is 12.7. The summed E-state index contributed by atoms with van der Waals surface area (Å²) >= 11 is 0. The molecule has 0 saturated heterocycles. The van der Waals surface area contributed by atoms with Gasteiger partial charge in [0.25, 0.3) is 5.56 Å². The fourth-order valence-corrected chi connectivity index (χ4v) is 4.27. The lowest BCUT2D eigenvalue weighted by Gasteiger charge is -2.12. The molecule has 1 amide bonds. The van der Waals surface area contributed by atoms with Crippen LogP contribution < -0.4 is 21.5 Å². The van der Waals surface area contributed by atoms with Gasteiger partial charge in [-0.2, -0.15) is 5.10 Å². The van der Waals surface area contributed by atoms with E-state index in [1.165, 1.54) is 0 Å². The van der Waals surface area contributed by atoms with E-state index in [9.17, 15) is 14.4 Å². The molecule has 3 heterocycles. The van der Waals surface area contributed by atoms with Crippen molar-refractivity contribution in [3.05, 3.63) is 56.7 Å². The average molecular weight is 493 g/mol. The first-order valence-electron chi connectivity index (χ1n) is 12.1. The molecule has 0 saturated carbocycles. The Labute approximate surface area is 208 Å². The number of carbonyl (C=O) groups excluding carboxylic acids is 1.